The monoisotopic (exact) mass is 380 g/mol. The van der Waals surface area contributed by atoms with Crippen LogP contribution in [0.4, 0.5) is 16.2 Å². The van der Waals surface area contributed by atoms with Crippen LogP contribution in [0.2, 0.25) is 5.02 Å². The van der Waals surface area contributed by atoms with E-state index in [1.54, 1.807) is 0 Å². The Morgan fingerprint density at radius 3 is 2.40 bits per heavy atom. The van der Waals surface area contributed by atoms with Crippen molar-refractivity contribution in [1.82, 2.24) is 5.32 Å². The maximum atomic E-state index is 12.1. The molecule has 0 saturated carbocycles. The average molecular weight is 381 g/mol. The molecule has 2 amide bonds. The highest BCUT2D eigenvalue weighted by Crippen LogP contribution is 2.22. The van der Waals surface area contributed by atoms with E-state index < -0.39 is 0 Å². The number of rotatable bonds is 6. The number of anilines is 2. The van der Waals surface area contributed by atoms with Crippen LogP contribution in [0.5, 0.6) is 0 Å². The molecular weight excluding hydrogens is 357 g/mol. The van der Waals surface area contributed by atoms with Crippen LogP contribution in [0.15, 0.2) is 42.5 Å². The average Bonchev–Trinajstić information content (AvgIpc) is 2.57. The van der Waals surface area contributed by atoms with Crippen molar-refractivity contribution in [1.29, 1.82) is 0 Å². The van der Waals surface area contributed by atoms with Gasteiger partial charge in [0, 0.05) is 36.0 Å². The predicted molar refractivity (Wildman–Crippen MR) is 102 cm³/mol. The third kappa shape index (κ3) is 5.83. The molecular formula is C19H24Cl2N3O-. The fourth-order valence-corrected chi connectivity index (χ4v) is 2.76. The zero-order chi connectivity index (χ0) is 17.5. The number of nitrogens with zero attached hydrogens (tertiary/aromatic N) is 1. The summed E-state index contributed by atoms with van der Waals surface area (Å²) in [5, 5.41) is 6.37. The Morgan fingerprint density at radius 1 is 1.12 bits per heavy atom. The maximum absolute atomic E-state index is 12.1. The molecule has 0 bridgehead atoms. The van der Waals surface area contributed by atoms with Gasteiger partial charge in [-0.25, -0.2) is 4.79 Å². The van der Waals surface area contributed by atoms with Crippen molar-refractivity contribution >= 4 is 29.0 Å². The Bertz CT molecular complexity index is 703. The van der Waals surface area contributed by atoms with Gasteiger partial charge >= 0.3 is 6.03 Å². The molecule has 0 aliphatic rings. The SMILES string of the molecule is CCN(CC)c1ccc(NC(=O)NCc2ccccc2Cl)c(C)c1.[Cl-]. The number of nitrogens with one attached hydrogen (secondary N) is 2. The van der Waals surface area contributed by atoms with E-state index >= 15 is 0 Å². The van der Waals surface area contributed by atoms with E-state index in [1.807, 2.05) is 43.3 Å². The largest absolute Gasteiger partial charge is 1.00 e. The number of hydrogen-bond acceptors (Lipinski definition) is 2. The first-order valence-corrected chi connectivity index (χ1v) is 8.56. The molecule has 0 heterocycles. The number of benzene rings is 2. The molecule has 0 saturated heterocycles. The van der Waals surface area contributed by atoms with E-state index in [1.165, 1.54) is 5.69 Å². The molecule has 2 aromatic rings. The number of carbonyl (C=O) groups excluding carboxylic acids is 1. The van der Waals surface area contributed by atoms with Crippen LogP contribution >= 0.6 is 11.6 Å². The van der Waals surface area contributed by atoms with Gasteiger partial charge in [-0.05, 0) is 56.2 Å². The van der Waals surface area contributed by atoms with Gasteiger partial charge in [0.25, 0.3) is 0 Å². The molecule has 0 atom stereocenters. The Labute approximate surface area is 161 Å². The Balaban J connectivity index is 0.00000312. The highest BCUT2D eigenvalue weighted by molar-refractivity contribution is 6.31. The molecule has 0 aliphatic heterocycles. The van der Waals surface area contributed by atoms with Gasteiger partial charge in [0.05, 0.1) is 0 Å². The summed E-state index contributed by atoms with van der Waals surface area (Å²) in [6, 6.07) is 13.3. The first-order valence-electron chi connectivity index (χ1n) is 8.19. The van der Waals surface area contributed by atoms with Crippen molar-refractivity contribution in [2.45, 2.75) is 27.3 Å². The summed E-state index contributed by atoms with van der Waals surface area (Å²) >= 11 is 6.09. The third-order valence-electron chi connectivity index (χ3n) is 3.98. The van der Waals surface area contributed by atoms with Crippen LogP contribution in [-0.4, -0.2) is 19.1 Å². The Hall–Kier alpha value is -1.91. The minimum absolute atomic E-state index is 0. The van der Waals surface area contributed by atoms with Gasteiger partial charge in [0.1, 0.15) is 0 Å². The predicted octanol–water partition coefficient (Wildman–Crippen LogP) is 1.82. The van der Waals surface area contributed by atoms with Gasteiger partial charge in [-0.3, -0.25) is 0 Å². The molecule has 0 radical (unpaired) electrons. The molecule has 0 spiro atoms. The molecule has 25 heavy (non-hydrogen) atoms. The number of hydrogen-bond donors (Lipinski definition) is 2. The second kappa shape index (κ2) is 10.2. The molecule has 0 aromatic heterocycles. The van der Waals surface area contributed by atoms with Crippen LogP contribution in [0, 0.1) is 6.92 Å². The topological polar surface area (TPSA) is 44.4 Å². The summed E-state index contributed by atoms with van der Waals surface area (Å²) in [4.78, 5) is 14.4. The molecule has 2 rings (SSSR count). The third-order valence-corrected chi connectivity index (χ3v) is 4.35. The fraction of sp³-hybridized carbons (Fsp3) is 0.316. The molecule has 0 fully saturated rings. The number of urea groups is 1. The number of halogens is 2. The smallest absolute Gasteiger partial charge is 0.319 e. The Morgan fingerprint density at radius 2 is 1.80 bits per heavy atom. The molecule has 6 heteroatoms. The highest BCUT2D eigenvalue weighted by Gasteiger charge is 2.08. The van der Waals surface area contributed by atoms with Gasteiger partial charge in [0.2, 0.25) is 0 Å². The van der Waals surface area contributed by atoms with Crippen LogP contribution in [0.3, 0.4) is 0 Å². The van der Waals surface area contributed by atoms with E-state index in [9.17, 15) is 4.79 Å². The quantitative estimate of drug-likeness (QED) is 0.802. The lowest BCUT2D eigenvalue weighted by atomic mass is 10.1. The molecule has 0 unspecified atom stereocenters. The number of carbonyl (C=O) groups is 1. The summed E-state index contributed by atoms with van der Waals surface area (Å²) in [5.74, 6) is 0. The highest BCUT2D eigenvalue weighted by atomic mass is 35.5. The van der Waals surface area contributed by atoms with Crippen molar-refractivity contribution in [3.63, 3.8) is 0 Å². The Kier molecular flexibility index (Phi) is 8.59. The summed E-state index contributed by atoms with van der Waals surface area (Å²) in [6.45, 7) is 8.57. The second-order valence-corrected chi connectivity index (χ2v) is 5.98. The van der Waals surface area contributed by atoms with Crippen molar-refractivity contribution in [3.8, 4) is 0 Å². The number of aryl methyl sites for hydroxylation is 1. The van der Waals surface area contributed by atoms with Crippen molar-refractivity contribution in [2.75, 3.05) is 23.3 Å². The molecule has 0 aliphatic carbocycles. The molecule has 2 aromatic carbocycles. The van der Waals surface area contributed by atoms with E-state index in [0.717, 1.165) is 29.9 Å². The van der Waals surface area contributed by atoms with Gasteiger partial charge in [0.15, 0.2) is 0 Å². The van der Waals surface area contributed by atoms with Crippen molar-refractivity contribution in [3.05, 3.63) is 58.6 Å². The minimum atomic E-state index is -0.242. The lowest BCUT2D eigenvalue weighted by molar-refractivity contribution is -0.00000801. The van der Waals surface area contributed by atoms with Crippen LogP contribution in [0.1, 0.15) is 25.0 Å². The standard InChI is InChI=1S/C19H24ClN3O.ClH/c1-4-23(5-2)16-10-11-18(14(3)12-16)22-19(24)21-13-15-8-6-7-9-17(15)20;/h6-12H,4-5,13H2,1-3H3,(H2,21,22,24);1H/p-1. The lowest BCUT2D eigenvalue weighted by Gasteiger charge is -2.22. The van der Waals surface area contributed by atoms with Crippen molar-refractivity contribution in [2.24, 2.45) is 0 Å². The first-order chi connectivity index (χ1) is 11.5. The molecule has 2 N–H and O–H groups in total. The van der Waals surface area contributed by atoms with Gasteiger partial charge in [-0.1, -0.05) is 29.8 Å². The minimum Gasteiger partial charge on any atom is -1.00 e. The van der Waals surface area contributed by atoms with Crippen LogP contribution in [0.25, 0.3) is 0 Å². The molecule has 136 valence electrons. The van der Waals surface area contributed by atoms with Gasteiger partial charge < -0.3 is 27.9 Å². The van der Waals surface area contributed by atoms with Gasteiger partial charge in [-0.15, -0.1) is 0 Å². The van der Waals surface area contributed by atoms with E-state index in [4.69, 9.17) is 11.6 Å². The van der Waals surface area contributed by atoms with Gasteiger partial charge in [-0.2, -0.15) is 0 Å². The first kappa shape index (κ1) is 21.1. The maximum Gasteiger partial charge on any atom is 0.319 e. The van der Waals surface area contributed by atoms with Crippen LogP contribution in [-0.2, 0) is 6.54 Å². The van der Waals surface area contributed by atoms with Crippen LogP contribution < -0.4 is 27.9 Å². The van der Waals surface area contributed by atoms with Crippen molar-refractivity contribution < 1.29 is 17.2 Å². The zero-order valence-electron chi connectivity index (χ0n) is 14.8. The summed E-state index contributed by atoms with van der Waals surface area (Å²) < 4.78 is 0. The lowest BCUT2D eigenvalue weighted by Crippen LogP contribution is -3.00. The fourth-order valence-electron chi connectivity index (χ4n) is 2.56. The van der Waals surface area contributed by atoms with E-state index in [2.05, 4.69) is 35.4 Å². The number of amides is 2. The summed E-state index contributed by atoms with van der Waals surface area (Å²) in [7, 11) is 0. The zero-order valence-corrected chi connectivity index (χ0v) is 16.3. The molecule has 4 nitrogen and oxygen atoms in total. The van der Waals surface area contributed by atoms with E-state index in [0.29, 0.717) is 11.6 Å². The normalized spacial score (nSPS) is 9.92. The summed E-state index contributed by atoms with van der Waals surface area (Å²) in [5.41, 5.74) is 3.90. The van der Waals surface area contributed by atoms with E-state index in [-0.39, 0.29) is 18.4 Å². The second-order valence-electron chi connectivity index (χ2n) is 5.57. The summed E-state index contributed by atoms with van der Waals surface area (Å²) in [6.07, 6.45) is 0.